The highest BCUT2D eigenvalue weighted by atomic mass is 35.5. The fourth-order valence-corrected chi connectivity index (χ4v) is 3.67. The van der Waals surface area contributed by atoms with Crippen molar-refractivity contribution in [3.05, 3.63) is 16.2 Å². The summed E-state index contributed by atoms with van der Waals surface area (Å²) in [6, 6.07) is 2.14. The number of rotatable bonds is 5. The fourth-order valence-electron chi connectivity index (χ4n) is 1.44. The molecule has 1 N–H and O–H groups in total. The van der Waals surface area contributed by atoms with E-state index in [4.69, 9.17) is 16.7 Å². The molecule has 0 amide bonds. The minimum atomic E-state index is 0.207. The zero-order chi connectivity index (χ0) is 12.3. The first-order valence-electron chi connectivity index (χ1n) is 5.44. The van der Waals surface area contributed by atoms with E-state index in [1.165, 1.54) is 4.88 Å². The lowest BCUT2D eigenvalue weighted by Gasteiger charge is -2.01. The van der Waals surface area contributed by atoms with Crippen LogP contribution in [0, 0.1) is 0 Å². The second-order valence-corrected chi connectivity index (χ2v) is 6.05. The number of hydrogen-bond acceptors (Lipinski definition) is 5. The van der Waals surface area contributed by atoms with Gasteiger partial charge in [0, 0.05) is 22.6 Å². The van der Waals surface area contributed by atoms with Gasteiger partial charge in [-0.1, -0.05) is 6.92 Å². The van der Waals surface area contributed by atoms with Crippen LogP contribution in [-0.4, -0.2) is 27.4 Å². The van der Waals surface area contributed by atoms with Gasteiger partial charge in [0.2, 0.25) is 5.28 Å². The topological polar surface area (TPSA) is 46.0 Å². The normalized spacial score (nSPS) is 11.2. The van der Waals surface area contributed by atoms with E-state index in [1.54, 1.807) is 23.1 Å². The summed E-state index contributed by atoms with van der Waals surface area (Å²) in [7, 11) is 0. The quantitative estimate of drug-likeness (QED) is 0.396. The molecular formula is C11H13ClN2OS2. The van der Waals surface area contributed by atoms with Crippen LogP contribution >= 0.6 is 34.7 Å². The highest BCUT2D eigenvalue weighted by molar-refractivity contribution is 7.99. The van der Waals surface area contributed by atoms with Crippen molar-refractivity contribution < 1.29 is 5.11 Å². The maximum absolute atomic E-state index is 8.78. The Morgan fingerprint density at radius 2 is 2.29 bits per heavy atom. The van der Waals surface area contributed by atoms with Crippen molar-refractivity contribution in [1.82, 2.24) is 9.97 Å². The molecule has 2 aromatic rings. The van der Waals surface area contributed by atoms with Gasteiger partial charge in [-0.15, -0.1) is 23.1 Å². The van der Waals surface area contributed by atoms with Gasteiger partial charge in [0.05, 0.1) is 0 Å². The molecule has 0 aliphatic heterocycles. The Labute approximate surface area is 113 Å². The Morgan fingerprint density at radius 3 is 3.00 bits per heavy atom. The molecule has 0 bridgehead atoms. The number of thioether (sulfide) groups is 1. The standard InChI is InChI=1S/C11H13ClN2OS2/c1-2-7-6-8-9(16-5-3-4-15)13-11(12)14-10(8)17-7/h6,15H,2-5H2,1H3. The Morgan fingerprint density at radius 1 is 1.47 bits per heavy atom. The van der Waals surface area contributed by atoms with E-state index in [1.807, 2.05) is 0 Å². The third-order valence-electron chi connectivity index (χ3n) is 2.27. The van der Waals surface area contributed by atoms with Crippen LogP contribution in [0.4, 0.5) is 0 Å². The second-order valence-electron chi connectivity index (χ2n) is 3.51. The van der Waals surface area contributed by atoms with Gasteiger partial charge in [-0.25, -0.2) is 9.97 Å². The molecule has 0 radical (unpaired) electrons. The van der Waals surface area contributed by atoms with Crippen LogP contribution in [0.2, 0.25) is 5.28 Å². The predicted molar refractivity (Wildman–Crippen MR) is 74.2 cm³/mol. The Balaban J connectivity index is 2.34. The molecule has 0 saturated heterocycles. The predicted octanol–water partition coefficient (Wildman–Crippen LogP) is 3.38. The second kappa shape index (κ2) is 6.00. The van der Waals surface area contributed by atoms with Crippen LogP contribution in [0.25, 0.3) is 10.2 Å². The molecule has 6 heteroatoms. The largest absolute Gasteiger partial charge is 0.396 e. The minimum absolute atomic E-state index is 0.207. The Kier molecular flexibility index (Phi) is 4.62. The lowest BCUT2D eigenvalue weighted by atomic mass is 10.3. The van der Waals surface area contributed by atoms with E-state index >= 15 is 0 Å². The third-order valence-corrected chi connectivity index (χ3v) is 4.69. The van der Waals surface area contributed by atoms with Crippen LogP contribution in [0.5, 0.6) is 0 Å². The number of fused-ring (bicyclic) bond motifs is 1. The average molecular weight is 289 g/mol. The van der Waals surface area contributed by atoms with Crippen molar-refractivity contribution in [1.29, 1.82) is 0 Å². The number of aromatic nitrogens is 2. The van der Waals surface area contributed by atoms with Gasteiger partial charge in [0.1, 0.15) is 9.86 Å². The number of hydrogen-bond donors (Lipinski definition) is 1. The molecule has 0 aromatic carbocycles. The molecule has 0 unspecified atom stereocenters. The molecule has 2 heterocycles. The van der Waals surface area contributed by atoms with E-state index < -0.39 is 0 Å². The monoisotopic (exact) mass is 288 g/mol. The molecule has 3 nitrogen and oxygen atoms in total. The van der Waals surface area contributed by atoms with Gasteiger partial charge in [0.25, 0.3) is 0 Å². The van der Waals surface area contributed by atoms with Crippen LogP contribution in [0.1, 0.15) is 18.2 Å². The van der Waals surface area contributed by atoms with Crippen molar-refractivity contribution in [3.8, 4) is 0 Å². The number of aryl methyl sites for hydroxylation is 1. The van der Waals surface area contributed by atoms with Crippen molar-refractivity contribution in [2.45, 2.75) is 24.8 Å². The van der Waals surface area contributed by atoms with Gasteiger partial charge in [-0.05, 0) is 30.5 Å². The highest BCUT2D eigenvalue weighted by Gasteiger charge is 2.10. The summed E-state index contributed by atoms with van der Waals surface area (Å²) in [5, 5.41) is 11.1. The Bertz CT molecular complexity index is 515. The van der Waals surface area contributed by atoms with Gasteiger partial charge in [-0.2, -0.15) is 0 Å². The molecule has 0 aliphatic rings. The molecule has 2 rings (SSSR count). The minimum Gasteiger partial charge on any atom is -0.396 e. The van der Waals surface area contributed by atoms with E-state index in [0.717, 1.165) is 33.8 Å². The van der Waals surface area contributed by atoms with Crippen molar-refractivity contribution in [2.75, 3.05) is 12.4 Å². The SMILES string of the molecule is CCc1cc2c(SCCCO)nc(Cl)nc2s1. The van der Waals surface area contributed by atoms with E-state index in [0.29, 0.717) is 5.28 Å². The molecular weight excluding hydrogens is 276 g/mol. The number of thiophene rings is 1. The maximum atomic E-state index is 8.78. The van der Waals surface area contributed by atoms with Gasteiger partial charge in [0.15, 0.2) is 0 Å². The average Bonchev–Trinajstić information content (AvgIpc) is 2.72. The summed E-state index contributed by atoms with van der Waals surface area (Å²) in [6.45, 7) is 2.33. The van der Waals surface area contributed by atoms with Crippen LogP contribution in [-0.2, 0) is 6.42 Å². The van der Waals surface area contributed by atoms with Crippen molar-refractivity contribution >= 4 is 44.9 Å². The zero-order valence-corrected chi connectivity index (χ0v) is 11.8. The van der Waals surface area contributed by atoms with Gasteiger partial charge in [-0.3, -0.25) is 0 Å². The molecule has 2 aromatic heterocycles. The molecule has 0 spiro atoms. The molecule has 0 atom stereocenters. The summed E-state index contributed by atoms with van der Waals surface area (Å²) in [5.41, 5.74) is 0. The van der Waals surface area contributed by atoms with Crippen LogP contribution in [0.3, 0.4) is 0 Å². The summed E-state index contributed by atoms with van der Waals surface area (Å²) in [4.78, 5) is 10.8. The van der Waals surface area contributed by atoms with E-state index in [9.17, 15) is 0 Å². The smallest absolute Gasteiger partial charge is 0.224 e. The molecule has 17 heavy (non-hydrogen) atoms. The first kappa shape index (κ1) is 13.1. The lowest BCUT2D eigenvalue weighted by Crippen LogP contribution is -1.90. The third kappa shape index (κ3) is 3.10. The Hall–Kier alpha value is -0.360. The molecule has 0 aliphatic carbocycles. The number of nitrogens with zero attached hydrogens (tertiary/aromatic N) is 2. The van der Waals surface area contributed by atoms with Gasteiger partial charge >= 0.3 is 0 Å². The number of aliphatic hydroxyl groups excluding tert-OH is 1. The first-order valence-corrected chi connectivity index (χ1v) is 7.62. The van der Waals surface area contributed by atoms with Crippen LogP contribution in [0.15, 0.2) is 11.1 Å². The van der Waals surface area contributed by atoms with Crippen molar-refractivity contribution in [3.63, 3.8) is 0 Å². The summed E-state index contributed by atoms with van der Waals surface area (Å²) >= 11 is 9.20. The summed E-state index contributed by atoms with van der Waals surface area (Å²) in [5.74, 6) is 0.843. The van der Waals surface area contributed by atoms with Gasteiger partial charge < -0.3 is 5.11 Å². The maximum Gasteiger partial charge on any atom is 0.224 e. The first-order chi connectivity index (χ1) is 8.24. The highest BCUT2D eigenvalue weighted by Crippen LogP contribution is 2.32. The summed E-state index contributed by atoms with van der Waals surface area (Å²) < 4.78 is 0. The zero-order valence-electron chi connectivity index (χ0n) is 9.44. The molecule has 0 saturated carbocycles. The lowest BCUT2D eigenvalue weighted by molar-refractivity contribution is 0.296. The fraction of sp³-hybridized carbons (Fsp3) is 0.455. The number of aliphatic hydroxyl groups is 1. The van der Waals surface area contributed by atoms with Crippen molar-refractivity contribution in [2.24, 2.45) is 0 Å². The molecule has 0 fully saturated rings. The summed E-state index contributed by atoms with van der Waals surface area (Å²) in [6.07, 6.45) is 1.76. The van der Waals surface area contributed by atoms with Crippen LogP contribution < -0.4 is 0 Å². The molecule has 92 valence electrons. The van der Waals surface area contributed by atoms with E-state index in [-0.39, 0.29) is 6.61 Å². The van der Waals surface area contributed by atoms with E-state index in [2.05, 4.69) is 23.0 Å². The number of halogens is 1.